The number of hydrogen-bond acceptors (Lipinski definition) is 6. The molecule has 8 nitrogen and oxygen atoms in total. The van der Waals surface area contributed by atoms with Crippen LogP contribution in [0.4, 0.5) is 13.2 Å². The first-order chi connectivity index (χ1) is 16.2. The number of carbonyl (C=O) groups excluding carboxylic acids is 1. The van der Waals surface area contributed by atoms with Crippen molar-refractivity contribution < 1.29 is 22.7 Å². The fraction of sp³-hybridized carbons (Fsp3) is 0.391. The molecule has 1 aromatic carbocycles. The number of pyridine rings is 1. The van der Waals surface area contributed by atoms with E-state index in [4.69, 9.17) is 10.5 Å². The fourth-order valence-corrected chi connectivity index (χ4v) is 4.26. The van der Waals surface area contributed by atoms with Gasteiger partial charge in [0.05, 0.1) is 35.8 Å². The normalized spacial score (nSPS) is 16.6. The fourth-order valence-electron chi connectivity index (χ4n) is 4.26. The van der Waals surface area contributed by atoms with Crippen LogP contribution in [0.1, 0.15) is 30.5 Å². The number of hydrogen-bond donors (Lipinski definition) is 1. The first-order valence-corrected chi connectivity index (χ1v) is 10.8. The van der Waals surface area contributed by atoms with Gasteiger partial charge in [0.15, 0.2) is 5.69 Å². The predicted octanol–water partition coefficient (Wildman–Crippen LogP) is 3.24. The van der Waals surface area contributed by atoms with Crippen LogP contribution in [0.15, 0.2) is 30.6 Å². The van der Waals surface area contributed by atoms with Crippen molar-refractivity contribution in [3.63, 3.8) is 0 Å². The Kier molecular flexibility index (Phi) is 6.43. The molecule has 3 heterocycles. The molecule has 0 bridgehead atoms. The van der Waals surface area contributed by atoms with Gasteiger partial charge in [0.2, 0.25) is 5.91 Å². The second-order valence-electron chi connectivity index (χ2n) is 8.20. The lowest BCUT2D eigenvalue weighted by Gasteiger charge is -2.22. The van der Waals surface area contributed by atoms with E-state index in [0.717, 1.165) is 19.0 Å². The number of carbonyl (C=O) groups is 1. The summed E-state index contributed by atoms with van der Waals surface area (Å²) in [4.78, 5) is 21.8. The number of aryl methyl sites for hydroxylation is 1. The van der Waals surface area contributed by atoms with E-state index in [-0.39, 0.29) is 41.3 Å². The number of primary amides is 1. The van der Waals surface area contributed by atoms with Gasteiger partial charge in [0.1, 0.15) is 17.3 Å². The Morgan fingerprint density at radius 3 is 2.85 bits per heavy atom. The van der Waals surface area contributed by atoms with Gasteiger partial charge < -0.3 is 15.0 Å². The number of amides is 1. The lowest BCUT2D eigenvalue weighted by Crippen LogP contribution is -2.41. The summed E-state index contributed by atoms with van der Waals surface area (Å²) in [5.41, 5.74) is 5.94. The summed E-state index contributed by atoms with van der Waals surface area (Å²) in [6.07, 6.45) is -1.12. The lowest BCUT2D eigenvalue weighted by molar-refractivity contribution is -0.139. The molecule has 1 aliphatic rings. The zero-order chi connectivity index (χ0) is 24.5. The maximum atomic E-state index is 13.8. The standard InChI is InChI=1S/C23H23F3N6O2/c1-31-13-29-21-17(12-27)30-16(11-19(21)31)14-5-6-20(15(10-14)23(24,25)26)34-9-3-8-32-7-2-4-18(32)22(28)33/h5-6,10-11,13,18H,2-4,7-9H2,1H3,(H2,28,33)/t18-/m1/s1. The van der Waals surface area contributed by atoms with Crippen LogP contribution in [0.2, 0.25) is 0 Å². The van der Waals surface area contributed by atoms with Crippen LogP contribution in [0.25, 0.3) is 22.3 Å². The van der Waals surface area contributed by atoms with E-state index in [9.17, 15) is 23.2 Å². The zero-order valence-corrected chi connectivity index (χ0v) is 18.5. The van der Waals surface area contributed by atoms with Crippen molar-refractivity contribution in [3.05, 3.63) is 41.9 Å². The quantitative estimate of drug-likeness (QED) is 0.529. The molecule has 0 aliphatic carbocycles. The first kappa shape index (κ1) is 23.5. The summed E-state index contributed by atoms with van der Waals surface area (Å²) >= 11 is 0. The maximum Gasteiger partial charge on any atom is 0.419 e. The predicted molar refractivity (Wildman–Crippen MR) is 118 cm³/mol. The van der Waals surface area contributed by atoms with E-state index >= 15 is 0 Å². The number of alkyl halides is 3. The number of nitrogens with two attached hydrogens (primary N) is 1. The minimum atomic E-state index is -4.65. The monoisotopic (exact) mass is 472 g/mol. The van der Waals surface area contributed by atoms with Gasteiger partial charge >= 0.3 is 6.18 Å². The van der Waals surface area contributed by atoms with Crippen molar-refractivity contribution >= 4 is 16.9 Å². The number of aromatic nitrogens is 3. The molecule has 2 N–H and O–H groups in total. The topological polar surface area (TPSA) is 110 Å². The molecule has 4 rings (SSSR count). The average molecular weight is 472 g/mol. The Balaban J connectivity index is 1.54. The van der Waals surface area contributed by atoms with Gasteiger partial charge in [-0.15, -0.1) is 0 Å². The molecule has 0 saturated carbocycles. The number of nitriles is 1. The number of rotatable bonds is 7. The molecule has 2 aromatic heterocycles. The van der Waals surface area contributed by atoms with Crippen molar-refractivity contribution in [3.8, 4) is 23.1 Å². The minimum Gasteiger partial charge on any atom is -0.493 e. The van der Waals surface area contributed by atoms with Crippen molar-refractivity contribution in [2.75, 3.05) is 19.7 Å². The van der Waals surface area contributed by atoms with Crippen LogP contribution in [0.5, 0.6) is 5.75 Å². The molecule has 1 saturated heterocycles. The number of likely N-dealkylation sites (tertiary alicyclic amines) is 1. The third-order valence-electron chi connectivity index (χ3n) is 5.94. The summed E-state index contributed by atoms with van der Waals surface area (Å²) < 4.78 is 48.6. The Morgan fingerprint density at radius 2 is 2.15 bits per heavy atom. The average Bonchev–Trinajstić information content (AvgIpc) is 3.42. The molecule has 1 atom stereocenters. The van der Waals surface area contributed by atoms with E-state index in [1.54, 1.807) is 17.7 Å². The summed E-state index contributed by atoms with van der Waals surface area (Å²) in [5.74, 6) is -0.669. The number of imidazole rings is 1. The molecular formula is C23H23F3N6O2. The number of halogens is 3. The van der Waals surface area contributed by atoms with Gasteiger partial charge in [-0.1, -0.05) is 0 Å². The molecular weight excluding hydrogens is 449 g/mol. The number of benzene rings is 1. The van der Waals surface area contributed by atoms with Crippen LogP contribution >= 0.6 is 0 Å². The van der Waals surface area contributed by atoms with Crippen molar-refractivity contribution in [2.45, 2.75) is 31.5 Å². The van der Waals surface area contributed by atoms with Gasteiger partial charge in [-0.3, -0.25) is 9.69 Å². The van der Waals surface area contributed by atoms with Crippen molar-refractivity contribution in [2.24, 2.45) is 12.8 Å². The van der Waals surface area contributed by atoms with Gasteiger partial charge in [-0.05, 0) is 50.1 Å². The number of ether oxygens (including phenoxy) is 1. The molecule has 1 fully saturated rings. The Labute approximate surface area is 193 Å². The highest BCUT2D eigenvalue weighted by Gasteiger charge is 2.35. The van der Waals surface area contributed by atoms with E-state index in [0.29, 0.717) is 30.4 Å². The molecule has 0 spiro atoms. The Hall–Kier alpha value is -3.65. The molecule has 0 radical (unpaired) electrons. The molecule has 1 aliphatic heterocycles. The number of fused-ring (bicyclic) bond motifs is 1. The maximum absolute atomic E-state index is 13.8. The van der Waals surface area contributed by atoms with Gasteiger partial charge in [-0.2, -0.15) is 18.4 Å². The second-order valence-corrected chi connectivity index (χ2v) is 8.20. The molecule has 34 heavy (non-hydrogen) atoms. The van der Waals surface area contributed by atoms with Crippen molar-refractivity contribution in [1.82, 2.24) is 19.4 Å². The molecule has 1 amide bonds. The molecule has 11 heteroatoms. The summed E-state index contributed by atoms with van der Waals surface area (Å²) in [6.45, 7) is 1.30. The largest absolute Gasteiger partial charge is 0.493 e. The van der Waals surface area contributed by atoms with Crippen molar-refractivity contribution in [1.29, 1.82) is 5.26 Å². The lowest BCUT2D eigenvalue weighted by atomic mass is 10.1. The van der Waals surface area contributed by atoms with Crippen LogP contribution in [0.3, 0.4) is 0 Å². The highest BCUT2D eigenvalue weighted by Crippen LogP contribution is 2.39. The number of nitrogens with zero attached hydrogens (tertiary/aromatic N) is 5. The molecule has 0 unspecified atom stereocenters. The highest BCUT2D eigenvalue weighted by atomic mass is 19.4. The van der Waals surface area contributed by atoms with Gasteiger partial charge in [0.25, 0.3) is 0 Å². The van der Waals surface area contributed by atoms with Crippen LogP contribution < -0.4 is 10.5 Å². The van der Waals surface area contributed by atoms with Crippen LogP contribution in [0, 0.1) is 11.3 Å². The summed E-state index contributed by atoms with van der Waals surface area (Å²) in [5, 5.41) is 9.40. The SMILES string of the molecule is Cn1cnc2c(C#N)nc(-c3ccc(OCCCN4CCC[C@@H]4C(N)=O)c(C(F)(F)F)c3)cc21. The zero-order valence-electron chi connectivity index (χ0n) is 18.5. The summed E-state index contributed by atoms with van der Waals surface area (Å²) in [6, 6.07) is 6.95. The highest BCUT2D eigenvalue weighted by molar-refractivity contribution is 5.84. The van der Waals surface area contributed by atoms with Crippen LogP contribution in [-0.2, 0) is 18.0 Å². The van der Waals surface area contributed by atoms with Gasteiger partial charge in [0, 0.05) is 19.2 Å². The Bertz CT molecular complexity index is 1260. The van der Waals surface area contributed by atoms with E-state index < -0.39 is 11.7 Å². The molecule has 3 aromatic rings. The third kappa shape index (κ3) is 4.68. The smallest absolute Gasteiger partial charge is 0.419 e. The first-order valence-electron chi connectivity index (χ1n) is 10.8. The Morgan fingerprint density at radius 1 is 1.35 bits per heavy atom. The van der Waals surface area contributed by atoms with E-state index in [1.807, 2.05) is 11.0 Å². The minimum absolute atomic E-state index is 0.0400. The second kappa shape index (κ2) is 9.30. The van der Waals surface area contributed by atoms with Gasteiger partial charge in [-0.25, -0.2) is 9.97 Å². The van der Waals surface area contributed by atoms with E-state index in [2.05, 4.69) is 9.97 Å². The third-order valence-corrected chi connectivity index (χ3v) is 5.94. The van der Waals surface area contributed by atoms with E-state index in [1.165, 1.54) is 18.5 Å². The summed E-state index contributed by atoms with van der Waals surface area (Å²) in [7, 11) is 1.73. The molecule has 178 valence electrons. The van der Waals surface area contributed by atoms with Crippen LogP contribution in [-0.4, -0.2) is 51.1 Å².